The van der Waals surface area contributed by atoms with E-state index in [0.29, 0.717) is 36.8 Å². The van der Waals surface area contributed by atoms with E-state index in [1.807, 2.05) is 11.9 Å². The molecule has 21 heavy (non-hydrogen) atoms. The molecule has 0 saturated carbocycles. The van der Waals surface area contributed by atoms with E-state index in [1.54, 1.807) is 6.92 Å². The highest BCUT2D eigenvalue weighted by Crippen LogP contribution is 2.40. The van der Waals surface area contributed by atoms with Crippen LogP contribution >= 0.6 is 0 Å². The molecule has 1 atom stereocenters. The van der Waals surface area contributed by atoms with Gasteiger partial charge in [-0.05, 0) is 6.92 Å². The first kappa shape index (κ1) is 14.2. The topological polar surface area (TPSA) is 88.6 Å². The Bertz CT molecular complexity index is 579. The Morgan fingerprint density at radius 1 is 1.57 bits per heavy atom. The van der Waals surface area contributed by atoms with Crippen LogP contribution in [0.2, 0.25) is 0 Å². The van der Waals surface area contributed by atoms with Crippen LogP contribution in [0.5, 0.6) is 0 Å². The second-order valence-electron chi connectivity index (χ2n) is 5.03. The fourth-order valence-electron chi connectivity index (χ4n) is 2.66. The van der Waals surface area contributed by atoms with Gasteiger partial charge in [0.1, 0.15) is 11.2 Å². The molecule has 2 aliphatic rings. The van der Waals surface area contributed by atoms with Crippen molar-refractivity contribution in [2.45, 2.75) is 18.9 Å². The quantitative estimate of drug-likeness (QED) is 0.565. The van der Waals surface area contributed by atoms with Crippen molar-refractivity contribution in [3.63, 3.8) is 0 Å². The van der Waals surface area contributed by atoms with E-state index in [0.717, 1.165) is 7.37 Å². The molecule has 3 heterocycles. The molecule has 1 saturated heterocycles. The number of amides is 1. The SMILES string of the molecule is [B][B]ONc1nc(C)c2c(n1)N(C)C1(CCOC1)C(=O)N2. The van der Waals surface area contributed by atoms with Gasteiger partial charge < -0.3 is 19.7 Å². The van der Waals surface area contributed by atoms with Gasteiger partial charge in [0, 0.05) is 20.1 Å². The van der Waals surface area contributed by atoms with E-state index < -0.39 is 5.54 Å². The third kappa shape index (κ3) is 2.14. The van der Waals surface area contributed by atoms with Gasteiger partial charge in [0.2, 0.25) is 5.95 Å². The molecule has 2 aliphatic heterocycles. The van der Waals surface area contributed by atoms with Crippen LogP contribution in [-0.4, -0.2) is 56.8 Å². The molecule has 1 fully saturated rings. The Balaban J connectivity index is 2.02. The number of aryl methyl sites for hydroxylation is 1. The number of ether oxygens (including phenoxy) is 1. The molecule has 1 aromatic rings. The lowest BCUT2D eigenvalue weighted by Crippen LogP contribution is -2.59. The summed E-state index contributed by atoms with van der Waals surface area (Å²) in [5, 5.41) is 2.89. The first-order valence-electron chi connectivity index (χ1n) is 6.55. The van der Waals surface area contributed by atoms with Crippen LogP contribution < -0.4 is 15.7 Å². The summed E-state index contributed by atoms with van der Waals surface area (Å²) in [5.74, 6) is 0.801. The number of likely N-dealkylation sites (N-methyl/N-ethyl adjacent to an activating group) is 1. The van der Waals surface area contributed by atoms with Crippen molar-refractivity contribution >= 4 is 38.5 Å². The minimum atomic E-state index is -0.716. The van der Waals surface area contributed by atoms with E-state index in [9.17, 15) is 4.79 Å². The highest BCUT2D eigenvalue weighted by molar-refractivity contribution is 6.85. The van der Waals surface area contributed by atoms with Crippen molar-refractivity contribution in [3.8, 4) is 0 Å². The summed E-state index contributed by atoms with van der Waals surface area (Å²) in [5.41, 5.74) is 3.04. The predicted octanol–water partition coefficient (Wildman–Crippen LogP) is -0.621. The summed E-state index contributed by atoms with van der Waals surface area (Å²) in [6.45, 7) is 2.68. The van der Waals surface area contributed by atoms with Crippen molar-refractivity contribution in [1.29, 1.82) is 0 Å². The highest BCUT2D eigenvalue weighted by Gasteiger charge is 2.50. The van der Waals surface area contributed by atoms with Crippen molar-refractivity contribution in [2.24, 2.45) is 0 Å². The van der Waals surface area contributed by atoms with E-state index >= 15 is 0 Å². The largest absolute Gasteiger partial charge is 0.378 e. The highest BCUT2D eigenvalue weighted by atomic mass is 16.6. The van der Waals surface area contributed by atoms with E-state index in [4.69, 9.17) is 17.2 Å². The molecule has 8 nitrogen and oxygen atoms in total. The van der Waals surface area contributed by atoms with Crippen molar-refractivity contribution < 1.29 is 14.3 Å². The maximum Gasteiger partial charge on any atom is 0.270 e. The Kier molecular flexibility index (Phi) is 3.50. The average molecular weight is 286 g/mol. The Labute approximate surface area is 124 Å². The van der Waals surface area contributed by atoms with Crippen LogP contribution in [0.4, 0.5) is 17.5 Å². The monoisotopic (exact) mass is 286 g/mol. The summed E-state index contributed by atoms with van der Waals surface area (Å²) in [6.07, 6.45) is 0.619. The normalized spacial score (nSPS) is 23.9. The number of aromatic nitrogens is 2. The zero-order chi connectivity index (χ0) is 15.0. The Morgan fingerprint density at radius 2 is 2.38 bits per heavy atom. The van der Waals surface area contributed by atoms with Gasteiger partial charge in [0.15, 0.2) is 5.82 Å². The lowest BCUT2D eigenvalue weighted by atomic mass is 9.73. The predicted molar refractivity (Wildman–Crippen MR) is 78.2 cm³/mol. The number of fused-ring (bicyclic) bond motifs is 1. The van der Waals surface area contributed by atoms with Crippen LogP contribution in [0.15, 0.2) is 0 Å². The second-order valence-corrected chi connectivity index (χ2v) is 5.03. The molecule has 0 aliphatic carbocycles. The summed E-state index contributed by atoms with van der Waals surface area (Å²) >= 11 is 0. The number of carbonyl (C=O) groups excluding carboxylic acids is 1. The first-order valence-corrected chi connectivity index (χ1v) is 6.55. The molecule has 3 rings (SSSR count). The molecule has 0 aromatic carbocycles. The standard InChI is InChI=1S/C11H14B2N5O3/c1-6-7-8(16-10(14-6)17-21-13-12)18(2)11(9(19)15-7)3-4-20-5-11/h3-5H2,1-2H3,(H,15,19)(H,14,16,17). The maximum absolute atomic E-state index is 12.5. The van der Waals surface area contributed by atoms with Crippen LogP contribution in [-0.2, 0) is 14.3 Å². The van der Waals surface area contributed by atoms with E-state index in [2.05, 4.69) is 20.8 Å². The van der Waals surface area contributed by atoms with Gasteiger partial charge in [-0.25, -0.2) is 4.98 Å². The number of hydrogen-bond acceptors (Lipinski definition) is 7. The molecular formula is C11H14B2N5O3. The van der Waals surface area contributed by atoms with E-state index in [1.165, 1.54) is 0 Å². The van der Waals surface area contributed by atoms with Crippen LogP contribution in [0, 0.1) is 6.92 Å². The van der Waals surface area contributed by atoms with Crippen LogP contribution in [0.1, 0.15) is 12.1 Å². The molecular weight excluding hydrogens is 272 g/mol. The minimum Gasteiger partial charge on any atom is -0.378 e. The molecule has 2 N–H and O–H groups in total. The Morgan fingerprint density at radius 3 is 3.05 bits per heavy atom. The molecule has 3 radical (unpaired) electrons. The minimum absolute atomic E-state index is 0.0889. The zero-order valence-electron chi connectivity index (χ0n) is 11.8. The summed E-state index contributed by atoms with van der Waals surface area (Å²) in [4.78, 5) is 22.9. The number of carbonyl (C=O) groups is 1. The molecule has 1 spiro atoms. The second kappa shape index (κ2) is 5.19. The average Bonchev–Trinajstić information content (AvgIpc) is 2.95. The number of anilines is 3. The number of hydrogen-bond donors (Lipinski definition) is 2. The van der Waals surface area contributed by atoms with Gasteiger partial charge in [-0.15, -0.1) is 0 Å². The van der Waals surface area contributed by atoms with Gasteiger partial charge in [-0.2, -0.15) is 4.98 Å². The summed E-state index contributed by atoms with van der Waals surface area (Å²) in [7, 11) is 7.97. The van der Waals surface area contributed by atoms with Crippen molar-refractivity contribution in [2.75, 3.05) is 36.0 Å². The van der Waals surface area contributed by atoms with Crippen molar-refractivity contribution in [1.82, 2.24) is 9.97 Å². The zero-order valence-corrected chi connectivity index (χ0v) is 11.8. The van der Waals surface area contributed by atoms with Gasteiger partial charge in [-0.3, -0.25) is 10.3 Å². The van der Waals surface area contributed by atoms with Gasteiger partial charge >= 0.3 is 0 Å². The number of nitrogens with zero attached hydrogens (tertiary/aromatic N) is 3. The van der Waals surface area contributed by atoms with Crippen molar-refractivity contribution in [3.05, 3.63) is 5.69 Å². The fourth-order valence-corrected chi connectivity index (χ4v) is 2.66. The first-order chi connectivity index (χ1) is 10.1. The smallest absolute Gasteiger partial charge is 0.270 e. The third-order valence-electron chi connectivity index (χ3n) is 3.91. The lowest BCUT2D eigenvalue weighted by Gasteiger charge is -2.41. The van der Waals surface area contributed by atoms with Gasteiger partial charge in [-0.1, -0.05) is 0 Å². The molecule has 0 bridgehead atoms. The molecule has 1 amide bonds. The molecule has 10 heteroatoms. The van der Waals surface area contributed by atoms with Gasteiger partial charge in [0.25, 0.3) is 13.3 Å². The molecule has 107 valence electrons. The van der Waals surface area contributed by atoms with Crippen LogP contribution in [0.25, 0.3) is 0 Å². The fraction of sp³-hybridized carbons (Fsp3) is 0.545. The van der Waals surface area contributed by atoms with E-state index in [-0.39, 0.29) is 11.9 Å². The number of rotatable bonds is 3. The third-order valence-corrected chi connectivity index (χ3v) is 3.91. The number of nitrogens with one attached hydrogen (secondary N) is 2. The van der Waals surface area contributed by atoms with Gasteiger partial charge in [0.05, 0.1) is 20.0 Å². The molecule has 1 unspecified atom stereocenters. The van der Waals surface area contributed by atoms with Crippen LogP contribution in [0.3, 0.4) is 0 Å². The summed E-state index contributed by atoms with van der Waals surface area (Å²) in [6, 6.07) is 0. The Hall–Kier alpha value is -1.80. The lowest BCUT2D eigenvalue weighted by molar-refractivity contribution is -0.121. The maximum atomic E-state index is 12.5. The molecule has 1 aromatic heterocycles. The summed E-state index contributed by atoms with van der Waals surface area (Å²) < 4.78 is 10.2.